The monoisotopic (exact) mass is 1240 g/mol. The minimum absolute atomic E-state index is 0.00590. The number of unbranched alkanes of at least 4 members (excludes halogenated alkanes) is 41. The Hall–Kier alpha value is -2.90. The van der Waals surface area contributed by atoms with Gasteiger partial charge in [0, 0.05) is 12.8 Å². The lowest BCUT2D eigenvalue weighted by Gasteiger charge is -2.40. The first kappa shape index (κ1) is 83.1. The topological polar surface area (TPSA) is 175 Å². The Morgan fingerprint density at radius 3 is 1.24 bits per heavy atom. The molecule has 0 aliphatic carbocycles. The number of carbonyl (C=O) groups excluding carboxylic acids is 2. The van der Waals surface area contributed by atoms with Gasteiger partial charge in [-0.25, -0.2) is 0 Å². The number of hydrogen-bond acceptors (Lipinski definition) is 10. The second kappa shape index (κ2) is 65.6. The fourth-order valence-corrected chi connectivity index (χ4v) is 11.4. The molecule has 1 amide bonds. The van der Waals surface area contributed by atoms with Gasteiger partial charge in [-0.2, -0.15) is 0 Å². The van der Waals surface area contributed by atoms with Gasteiger partial charge in [-0.15, -0.1) is 0 Å². The zero-order valence-electron chi connectivity index (χ0n) is 56.9. The number of ether oxygens (including phenoxy) is 3. The Kier molecular flexibility index (Phi) is 61.9. The summed E-state index contributed by atoms with van der Waals surface area (Å²) in [6.45, 7) is 4.27. The van der Waals surface area contributed by atoms with Crippen molar-refractivity contribution in [3.05, 3.63) is 72.9 Å². The van der Waals surface area contributed by atoms with E-state index < -0.39 is 49.5 Å². The van der Waals surface area contributed by atoms with E-state index in [0.717, 1.165) is 70.6 Å². The highest BCUT2D eigenvalue weighted by Gasteiger charge is 2.44. The molecule has 0 aromatic carbocycles. The van der Waals surface area contributed by atoms with Gasteiger partial charge in [-0.1, -0.05) is 299 Å². The quantitative estimate of drug-likeness (QED) is 0.0195. The van der Waals surface area contributed by atoms with Crippen LogP contribution in [-0.2, 0) is 23.8 Å². The Balaban J connectivity index is 1.94. The van der Waals surface area contributed by atoms with Crippen LogP contribution in [0.1, 0.15) is 341 Å². The van der Waals surface area contributed by atoms with Gasteiger partial charge in [-0.3, -0.25) is 9.59 Å². The number of esters is 1. The predicted octanol–water partition coefficient (Wildman–Crippen LogP) is 19.5. The molecule has 7 unspecified atom stereocenters. The van der Waals surface area contributed by atoms with E-state index >= 15 is 0 Å². The highest BCUT2D eigenvalue weighted by Crippen LogP contribution is 2.23. The fourth-order valence-electron chi connectivity index (χ4n) is 11.4. The molecular weight excluding hydrogens is 1100 g/mol. The van der Waals surface area contributed by atoms with Crippen molar-refractivity contribution in [3.8, 4) is 0 Å². The first-order chi connectivity index (χ1) is 43.2. The molecule has 1 aliphatic heterocycles. The second-order valence-corrected chi connectivity index (χ2v) is 25.6. The summed E-state index contributed by atoms with van der Waals surface area (Å²) < 4.78 is 16.7. The molecule has 11 heteroatoms. The Labute approximate surface area is 541 Å². The molecule has 1 saturated heterocycles. The molecule has 7 atom stereocenters. The van der Waals surface area contributed by atoms with Crippen LogP contribution in [0.15, 0.2) is 72.9 Å². The minimum atomic E-state index is -1.58. The summed E-state index contributed by atoms with van der Waals surface area (Å²) in [5.41, 5.74) is 0. The van der Waals surface area contributed by atoms with Gasteiger partial charge >= 0.3 is 5.97 Å². The normalized spacial score (nSPS) is 18.2. The number of carbonyl (C=O) groups is 2. The summed E-state index contributed by atoms with van der Waals surface area (Å²) in [6, 6.07) is -0.827. The van der Waals surface area contributed by atoms with Crippen LogP contribution in [0.5, 0.6) is 0 Å². The number of nitrogens with one attached hydrogen (secondary N) is 1. The highest BCUT2D eigenvalue weighted by atomic mass is 16.7. The maximum atomic E-state index is 13.1. The van der Waals surface area contributed by atoms with E-state index in [1.165, 1.54) is 244 Å². The van der Waals surface area contributed by atoms with Gasteiger partial charge < -0.3 is 45.1 Å². The molecular formula is C77H139NO10. The van der Waals surface area contributed by atoms with E-state index in [1.807, 2.05) is 6.08 Å². The van der Waals surface area contributed by atoms with Crippen LogP contribution in [-0.4, -0.2) is 100 Å². The summed E-state index contributed by atoms with van der Waals surface area (Å²) in [6.07, 6.45) is 79.2. The molecule has 1 heterocycles. The molecule has 0 bridgehead atoms. The fraction of sp³-hybridized carbons (Fsp3) is 0.818. The number of amides is 1. The van der Waals surface area contributed by atoms with Crippen molar-refractivity contribution >= 4 is 11.9 Å². The molecule has 0 aromatic rings. The molecule has 1 rings (SSSR count). The zero-order chi connectivity index (χ0) is 63.7. The SMILES string of the molecule is CCC/C=C\C/C=C\CCCCCCCC(=O)OCCCCCCCCCCCCC/C=C\C/C=C\CCCCCCCCCCCCCCCCCCCC(=O)NC(COC1OC(CO)C(O)C(O)C1O)C(O)/C=C/CC/C=C/CCCCCCCC. The van der Waals surface area contributed by atoms with E-state index in [0.29, 0.717) is 19.4 Å². The first-order valence-electron chi connectivity index (χ1n) is 37.2. The number of hydrogen-bond donors (Lipinski definition) is 6. The van der Waals surface area contributed by atoms with Crippen molar-refractivity contribution in [1.29, 1.82) is 0 Å². The first-order valence-corrected chi connectivity index (χ1v) is 37.2. The van der Waals surface area contributed by atoms with Crippen LogP contribution >= 0.6 is 0 Å². The Bertz CT molecular complexity index is 1690. The van der Waals surface area contributed by atoms with Gasteiger partial charge in [0.05, 0.1) is 32.0 Å². The molecule has 0 spiro atoms. The van der Waals surface area contributed by atoms with Crippen molar-refractivity contribution < 1.29 is 49.3 Å². The van der Waals surface area contributed by atoms with E-state index in [2.05, 4.69) is 79.9 Å². The predicted molar refractivity (Wildman–Crippen MR) is 370 cm³/mol. The van der Waals surface area contributed by atoms with E-state index in [-0.39, 0.29) is 18.5 Å². The molecule has 1 fully saturated rings. The Morgan fingerprint density at radius 1 is 0.420 bits per heavy atom. The largest absolute Gasteiger partial charge is 0.466 e. The van der Waals surface area contributed by atoms with Gasteiger partial charge in [0.15, 0.2) is 6.29 Å². The van der Waals surface area contributed by atoms with Crippen LogP contribution in [0, 0.1) is 0 Å². The third-order valence-electron chi connectivity index (χ3n) is 17.2. The zero-order valence-corrected chi connectivity index (χ0v) is 56.9. The van der Waals surface area contributed by atoms with Crippen molar-refractivity contribution in [3.63, 3.8) is 0 Å². The minimum Gasteiger partial charge on any atom is -0.466 e. The lowest BCUT2D eigenvalue weighted by atomic mass is 9.99. The number of allylic oxidation sites excluding steroid dienone is 11. The van der Waals surface area contributed by atoms with Gasteiger partial charge in [0.25, 0.3) is 0 Å². The van der Waals surface area contributed by atoms with Gasteiger partial charge in [0.1, 0.15) is 24.4 Å². The van der Waals surface area contributed by atoms with Crippen LogP contribution in [0.2, 0.25) is 0 Å². The standard InChI is InChI=1S/C77H139NO10/c1-3-5-7-9-11-13-15-40-45-49-53-57-61-65-73(82)86-66-62-58-54-50-46-42-39-37-35-33-31-29-27-25-23-21-19-17-18-20-22-24-26-28-30-32-34-36-38-41-44-48-52-56-60-64-72(81)78-69(68-87-77-76(85)75(84)74(83)71(67-79)88-77)70(80)63-59-55-51-47-43-16-14-12-10-8-6-4-2/h7,9,13,15,19,21,25,27,43,47,59,63,69-71,74-77,79-80,83-85H,3-6,8,10-12,14,16-18,20,22-24,26,28-42,44-46,48-58,60-62,64-68H2,1-2H3,(H,78,81)/b9-7-,15-13-,21-19-,27-25-,47-43+,63-59+. The van der Waals surface area contributed by atoms with E-state index in [4.69, 9.17) is 14.2 Å². The van der Waals surface area contributed by atoms with Crippen LogP contribution in [0.25, 0.3) is 0 Å². The van der Waals surface area contributed by atoms with Crippen molar-refractivity contribution in [2.45, 2.75) is 384 Å². The van der Waals surface area contributed by atoms with Crippen molar-refractivity contribution in [2.75, 3.05) is 19.8 Å². The summed E-state index contributed by atoms with van der Waals surface area (Å²) >= 11 is 0. The molecule has 6 N–H and O–H groups in total. The molecule has 11 nitrogen and oxygen atoms in total. The molecule has 0 radical (unpaired) electrons. The summed E-state index contributed by atoms with van der Waals surface area (Å²) in [5.74, 6) is -0.196. The van der Waals surface area contributed by atoms with Crippen molar-refractivity contribution in [2.24, 2.45) is 0 Å². The lowest BCUT2D eigenvalue weighted by Crippen LogP contribution is -2.60. The van der Waals surface area contributed by atoms with Crippen LogP contribution in [0.3, 0.4) is 0 Å². The number of rotatable bonds is 65. The maximum Gasteiger partial charge on any atom is 0.305 e. The maximum absolute atomic E-state index is 13.1. The van der Waals surface area contributed by atoms with Crippen LogP contribution in [0.4, 0.5) is 0 Å². The molecule has 512 valence electrons. The average Bonchev–Trinajstić information content (AvgIpc) is 3.02. The third-order valence-corrected chi connectivity index (χ3v) is 17.2. The van der Waals surface area contributed by atoms with Gasteiger partial charge in [-0.05, 0) is 103 Å². The third kappa shape index (κ3) is 53.7. The number of aliphatic hydroxyl groups excluding tert-OH is 5. The number of aliphatic hydroxyl groups is 5. The molecule has 1 aliphatic rings. The highest BCUT2D eigenvalue weighted by molar-refractivity contribution is 5.76. The smallest absolute Gasteiger partial charge is 0.305 e. The summed E-state index contributed by atoms with van der Waals surface area (Å²) in [5, 5.41) is 54.4. The van der Waals surface area contributed by atoms with Crippen molar-refractivity contribution in [1.82, 2.24) is 5.32 Å². The summed E-state index contributed by atoms with van der Waals surface area (Å²) in [7, 11) is 0. The van der Waals surface area contributed by atoms with Gasteiger partial charge in [0.2, 0.25) is 5.91 Å². The van der Waals surface area contributed by atoms with E-state index in [9.17, 15) is 35.1 Å². The summed E-state index contributed by atoms with van der Waals surface area (Å²) in [4.78, 5) is 25.1. The van der Waals surface area contributed by atoms with Crippen LogP contribution < -0.4 is 5.32 Å². The molecule has 88 heavy (non-hydrogen) atoms. The Morgan fingerprint density at radius 2 is 0.795 bits per heavy atom. The van der Waals surface area contributed by atoms with E-state index in [1.54, 1.807) is 6.08 Å². The second-order valence-electron chi connectivity index (χ2n) is 25.6. The molecule has 0 saturated carbocycles. The average molecular weight is 1240 g/mol. The lowest BCUT2D eigenvalue weighted by molar-refractivity contribution is -0.302. The molecule has 0 aromatic heterocycles.